The number of rotatable bonds is 5. The molecule has 2 heterocycles. The maximum Gasteiger partial charge on any atom is 0.238 e. The Bertz CT molecular complexity index is 579. The smallest absolute Gasteiger partial charge is 0.238 e. The van der Waals surface area contributed by atoms with Crippen molar-refractivity contribution in [2.45, 2.75) is 50.7 Å². The van der Waals surface area contributed by atoms with Crippen molar-refractivity contribution >= 4 is 11.6 Å². The van der Waals surface area contributed by atoms with Crippen LogP contribution in [0.4, 0.5) is 5.69 Å². The van der Waals surface area contributed by atoms with Crippen LogP contribution in [0.3, 0.4) is 0 Å². The molecule has 138 valence electrons. The number of hydrogen-bond donors (Lipinski definition) is 1. The van der Waals surface area contributed by atoms with Gasteiger partial charge < -0.3 is 14.8 Å². The summed E-state index contributed by atoms with van der Waals surface area (Å²) in [6, 6.07) is 8.11. The largest absolute Gasteiger partial charge is 0.378 e. The first-order valence-electron chi connectivity index (χ1n) is 9.31. The fraction of sp³-hybridized carbons (Fsp3) is 0.650. The number of carbonyl (C=O) groups is 1. The number of methoxy groups -OCH3 is 1. The second kappa shape index (κ2) is 7.85. The van der Waals surface area contributed by atoms with Gasteiger partial charge in [-0.05, 0) is 42.9 Å². The van der Waals surface area contributed by atoms with Crippen molar-refractivity contribution in [3.8, 4) is 0 Å². The number of hydrogen-bond acceptors (Lipinski definition) is 4. The van der Waals surface area contributed by atoms with Crippen LogP contribution in [0.5, 0.6) is 0 Å². The van der Waals surface area contributed by atoms with Gasteiger partial charge in [-0.25, -0.2) is 0 Å². The average molecular weight is 346 g/mol. The van der Waals surface area contributed by atoms with E-state index in [4.69, 9.17) is 9.47 Å². The van der Waals surface area contributed by atoms with Gasteiger partial charge in [0.1, 0.15) is 5.60 Å². The molecule has 5 heteroatoms. The third-order valence-electron chi connectivity index (χ3n) is 5.43. The van der Waals surface area contributed by atoms with Crippen molar-refractivity contribution in [3.05, 3.63) is 29.8 Å². The summed E-state index contributed by atoms with van der Waals surface area (Å²) in [5, 5.41) is 3.01. The van der Waals surface area contributed by atoms with Crippen LogP contribution in [-0.2, 0) is 14.3 Å². The summed E-state index contributed by atoms with van der Waals surface area (Å²) < 4.78 is 11.7. The molecule has 2 saturated heterocycles. The van der Waals surface area contributed by atoms with Gasteiger partial charge in [0.05, 0.1) is 12.6 Å². The minimum atomic E-state index is -0.230. The maximum atomic E-state index is 12.4. The van der Waals surface area contributed by atoms with E-state index in [9.17, 15) is 4.79 Å². The molecular formula is C20H30N2O3. The first kappa shape index (κ1) is 18.4. The number of nitrogens with zero attached hydrogens (tertiary/aromatic N) is 1. The van der Waals surface area contributed by atoms with E-state index in [0.717, 1.165) is 44.6 Å². The van der Waals surface area contributed by atoms with Crippen LogP contribution in [0.1, 0.15) is 44.6 Å². The van der Waals surface area contributed by atoms with E-state index < -0.39 is 0 Å². The minimum Gasteiger partial charge on any atom is -0.378 e. The molecule has 2 unspecified atom stereocenters. The number of carbonyl (C=O) groups excluding carboxylic acids is 1. The van der Waals surface area contributed by atoms with Gasteiger partial charge in [0.2, 0.25) is 5.91 Å². The Balaban J connectivity index is 1.56. The van der Waals surface area contributed by atoms with Crippen molar-refractivity contribution < 1.29 is 14.3 Å². The highest BCUT2D eigenvalue weighted by atomic mass is 16.5. The van der Waals surface area contributed by atoms with Crippen LogP contribution in [-0.4, -0.2) is 55.9 Å². The molecule has 2 fully saturated rings. The van der Waals surface area contributed by atoms with Gasteiger partial charge in [-0.3, -0.25) is 9.69 Å². The molecule has 1 aromatic rings. The molecule has 0 bridgehead atoms. The van der Waals surface area contributed by atoms with E-state index in [0.29, 0.717) is 12.5 Å². The maximum absolute atomic E-state index is 12.4. The zero-order valence-corrected chi connectivity index (χ0v) is 15.6. The summed E-state index contributed by atoms with van der Waals surface area (Å²) >= 11 is 0. The van der Waals surface area contributed by atoms with E-state index in [1.165, 1.54) is 5.56 Å². The van der Waals surface area contributed by atoms with Gasteiger partial charge in [-0.2, -0.15) is 0 Å². The molecule has 2 aliphatic rings. The number of anilines is 1. The number of likely N-dealkylation sites (tertiary alicyclic amines) is 1. The molecule has 2 aliphatic heterocycles. The fourth-order valence-corrected chi connectivity index (χ4v) is 4.04. The standard InChI is InChI=1S/C20H30N2O3/c1-15(2)16-5-7-17(8-6-16)21-19(23)13-22-11-9-18(24-3)20(14-22)10-4-12-25-20/h5-8,15,18H,4,9-14H2,1-3H3,(H,21,23). The lowest BCUT2D eigenvalue weighted by Crippen LogP contribution is -2.58. The van der Waals surface area contributed by atoms with Crippen LogP contribution in [0.25, 0.3) is 0 Å². The quantitative estimate of drug-likeness (QED) is 0.890. The third kappa shape index (κ3) is 4.22. The highest BCUT2D eigenvalue weighted by Crippen LogP contribution is 2.36. The number of amides is 1. The SMILES string of the molecule is COC1CCN(CC(=O)Nc2ccc(C(C)C)cc2)CC12CCCO2. The predicted molar refractivity (Wildman–Crippen MR) is 98.9 cm³/mol. The second-order valence-electron chi connectivity index (χ2n) is 7.57. The molecule has 1 spiro atoms. The van der Waals surface area contributed by atoms with E-state index >= 15 is 0 Å². The molecular weight excluding hydrogens is 316 g/mol. The second-order valence-corrected chi connectivity index (χ2v) is 7.57. The van der Waals surface area contributed by atoms with E-state index in [-0.39, 0.29) is 17.6 Å². The first-order valence-corrected chi connectivity index (χ1v) is 9.31. The number of piperidine rings is 1. The van der Waals surface area contributed by atoms with Crippen LogP contribution < -0.4 is 5.32 Å². The Kier molecular flexibility index (Phi) is 5.77. The summed E-state index contributed by atoms with van der Waals surface area (Å²) in [5.41, 5.74) is 1.90. The molecule has 2 atom stereocenters. The number of nitrogens with one attached hydrogen (secondary N) is 1. The molecule has 5 nitrogen and oxygen atoms in total. The molecule has 3 rings (SSSR count). The Morgan fingerprint density at radius 2 is 2.16 bits per heavy atom. The predicted octanol–water partition coefficient (Wildman–Crippen LogP) is 3.02. The van der Waals surface area contributed by atoms with Gasteiger partial charge in [0.25, 0.3) is 0 Å². The molecule has 25 heavy (non-hydrogen) atoms. The summed E-state index contributed by atoms with van der Waals surface area (Å²) in [7, 11) is 1.76. The van der Waals surface area contributed by atoms with Crippen LogP contribution in [0, 0.1) is 0 Å². The summed E-state index contributed by atoms with van der Waals surface area (Å²) in [6.07, 6.45) is 3.13. The lowest BCUT2D eigenvalue weighted by atomic mass is 9.87. The topological polar surface area (TPSA) is 50.8 Å². The van der Waals surface area contributed by atoms with Gasteiger partial charge in [0, 0.05) is 32.5 Å². The monoisotopic (exact) mass is 346 g/mol. The number of benzene rings is 1. The highest BCUT2D eigenvalue weighted by Gasteiger charge is 2.47. The first-order chi connectivity index (χ1) is 12.0. The molecule has 0 radical (unpaired) electrons. The Morgan fingerprint density at radius 3 is 2.76 bits per heavy atom. The number of ether oxygens (including phenoxy) is 2. The zero-order valence-electron chi connectivity index (χ0n) is 15.6. The van der Waals surface area contributed by atoms with Crippen molar-refractivity contribution in [2.75, 3.05) is 38.7 Å². The van der Waals surface area contributed by atoms with Crippen LogP contribution >= 0.6 is 0 Å². The average Bonchev–Trinajstić information content (AvgIpc) is 3.04. The molecule has 1 N–H and O–H groups in total. The van der Waals surface area contributed by atoms with E-state index in [1.807, 2.05) is 12.1 Å². The van der Waals surface area contributed by atoms with Crippen molar-refractivity contribution in [1.29, 1.82) is 0 Å². The molecule has 0 aliphatic carbocycles. The van der Waals surface area contributed by atoms with Gasteiger partial charge >= 0.3 is 0 Å². The highest BCUT2D eigenvalue weighted by molar-refractivity contribution is 5.92. The third-order valence-corrected chi connectivity index (χ3v) is 5.43. The summed E-state index contributed by atoms with van der Waals surface area (Å²) in [4.78, 5) is 14.6. The van der Waals surface area contributed by atoms with E-state index in [2.05, 4.69) is 36.2 Å². The Hall–Kier alpha value is -1.43. The lowest BCUT2D eigenvalue weighted by Gasteiger charge is -2.44. The fourth-order valence-electron chi connectivity index (χ4n) is 4.04. The Labute approximate surface area is 150 Å². The molecule has 1 aromatic carbocycles. The lowest BCUT2D eigenvalue weighted by molar-refractivity contribution is -0.146. The van der Waals surface area contributed by atoms with Crippen molar-refractivity contribution in [2.24, 2.45) is 0 Å². The Morgan fingerprint density at radius 1 is 1.40 bits per heavy atom. The summed E-state index contributed by atoms with van der Waals surface area (Å²) in [5.74, 6) is 0.524. The van der Waals surface area contributed by atoms with Crippen LogP contribution in [0.15, 0.2) is 24.3 Å². The van der Waals surface area contributed by atoms with E-state index in [1.54, 1.807) is 7.11 Å². The zero-order chi connectivity index (χ0) is 17.9. The van der Waals surface area contributed by atoms with Crippen molar-refractivity contribution in [3.63, 3.8) is 0 Å². The summed E-state index contributed by atoms with van der Waals surface area (Å²) in [6.45, 7) is 7.15. The van der Waals surface area contributed by atoms with Gasteiger partial charge in [0.15, 0.2) is 0 Å². The minimum absolute atomic E-state index is 0.0290. The molecule has 0 aromatic heterocycles. The van der Waals surface area contributed by atoms with Crippen molar-refractivity contribution in [1.82, 2.24) is 4.90 Å². The normalized spacial score (nSPS) is 27.1. The van der Waals surface area contributed by atoms with Gasteiger partial charge in [-0.15, -0.1) is 0 Å². The molecule has 0 saturated carbocycles. The molecule has 1 amide bonds. The van der Waals surface area contributed by atoms with Crippen LogP contribution in [0.2, 0.25) is 0 Å². The van der Waals surface area contributed by atoms with Gasteiger partial charge in [-0.1, -0.05) is 26.0 Å².